The normalized spacial score (nSPS) is 15.9. The van der Waals surface area contributed by atoms with Crippen molar-refractivity contribution in [3.63, 3.8) is 0 Å². The number of cyclic esters (lactones) is 1. The van der Waals surface area contributed by atoms with Crippen molar-refractivity contribution in [2.24, 2.45) is 4.99 Å². The summed E-state index contributed by atoms with van der Waals surface area (Å²) in [5.41, 5.74) is 2.33. The lowest BCUT2D eigenvalue weighted by Crippen LogP contribution is -2.03. The topological polar surface area (TPSA) is 64.4 Å². The molecule has 0 unspecified atom stereocenters. The first-order valence-corrected chi connectivity index (χ1v) is 9.39. The maximum Gasteiger partial charge on any atom is 0.363 e. The predicted molar refractivity (Wildman–Crippen MR) is 101 cm³/mol. The molecule has 126 valence electrons. The van der Waals surface area contributed by atoms with Crippen molar-refractivity contribution in [1.29, 1.82) is 0 Å². The van der Waals surface area contributed by atoms with Gasteiger partial charge in [-0.3, -0.25) is 0 Å². The molecule has 0 radical (unpaired) electrons. The largest absolute Gasteiger partial charge is 0.401 e. The number of thiophene rings is 2. The minimum atomic E-state index is -0.420. The third kappa shape index (κ3) is 2.79. The van der Waals surface area contributed by atoms with Crippen molar-refractivity contribution >= 4 is 50.8 Å². The third-order valence-electron chi connectivity index (χ3n) is 3.96. The van der Waals surface area contributed by atoms with Gasteiger partial charge in [0.2, 0.25) is 5.90 Å². The van der Waals surface area contributed by atoms with E-state index >= 15 is 0 Å². The minimum absolute atomic E-state index is 0.318. The van der Waals surface area contributed by atoms with Gasteiger partial charge in [-0.25, -0.2) is 19.8 Å². The SMILES string of the molecule is Cc1nc(C)c2c(C)c(/C=C3\N=C(c4ccc(C)s4)OC3=O)sc2n1. The second-order valence-electron chi connectivity index (χ2n) is 5.87. The molecule has 7 heteroatoms. The molecule has 0 aliphatic carbocycles. The van der Waals surface area contributed by atoms with E-state index in [4.69, 9.17) is 4.74 Å². The van der Waals surface area contributed by atoms with Crippen molar-refractivity contribution in [3.05, 3.63) is 49.5 Å². The van der Waals surface area contributed by atoms with Gasteiger partial charge < -0.3 is 4.74 Å². The van der Waals surface area contributed by atoms with Crippen LogP contribution in [0.3, 0.4) is 0 Å². The van der Waals surface area contributed by atoms with Gasteiger partial charge in [-0.2, -0.15) is 0 Å². The van der Waals surface area contributed by atoms with Gasteiger partial charge in [-0.15, -0.1) is 22.7 Å². The van der Waals surface area contributed by atoms with Crippen LogP contribution in [0.15, 0.2) is 22.8 Å². The Morgan fingerprint density at radius 2 is 1.88 bits per heavy atom. The molecule has 4 rings (SSSR count). The number of esters is 1. The Morgan fingerprint density at radius 3 is 2.60 bits per heavy atom. The average molecular weight is 369 g/mol. The molecular weight excluding hydrogens is 354 g/mol. The number of aromatic nitrogens is 2. The highest BCUT2D eigenvalue weighted by Gasteiger charge is 2.26. The lowest BCUT2D eigenvalue weighted by Gasteiger charge is -1.98. The van der Waals surface area contributed by atoms with Crippen molar-refractivity contribution < 1.29 is 9.53 Å². The number of carbonyl (C=O) groups excluding carboxylic acids is 1. The number of aliphatic imine (C=N–C) groups is 1. The summed E-state index contributed by atoms with van der Waals surface area (Å²) in [5, 5.41) is 1.05. The van der Waals surface area contributed by atoms with Crippen molar-refractivity contribution in [1.82, 2.24) is 9.97 Å². The number of carbonyl (C=O) groups is 1. The molecule has 4 heterocycles. The standard InChI is InChI=1S/C18H15N3O2S2/c1-8-5-6-13(24-8)16-21-12(18(22)23-16)7-14-9(2)15-10(3)19-11(4)20-17(15)25-14/h5-7H,1-4H3/b12-7-. The zero-order valence-corrected chi connectivity index (χ0v) is 15.8. The van der Waals surface area contributed by atoms with Crippen LogP contribution in [0.4, 0.5) is 0 Å². The monoisotopic (exact) mass is 369 g/mol. The second-order valence-corrected chi connectivity index (χ2v) is 8.19. The summed E-state index contributed by atoms with van der Waals surface area (Å²) in [5.74, 6) is 0.705. The van der Waals surface area contributed by atoms with Gasteiger partial charge in [0.15, 0.2) is 5.70 Å². The van der Waals surface area contributed by atoms with E-state index in [1.165, 1.54) is 0 Å². The van der Waals surface area contributed by atoms with Crippen molar-refractivity contribution in [3.8, 4) is 0 Å². The van der Waals surface area contributed by atoms with E-state index in [9.17, 15) is 4.79 Å². The Bertz CT molecular complexity index is 1090. The van der Waals surface area contributed by atoms with E-state index in [1.807, 2.05) is 39.8 Å². The highest BCUT2D eigenvalue weighted by molar-refractivity contribution is 7.19. The number of nitrogens with zero attached hydrogens (tertiary/aromatic N) is 3. The molecule has 1 aliphatic heterocycles. The molecule has 0 saturated carbocycles. The quantitative estimate of drug-likeness (QED) is 0.498. The van der Waals surface area contributed by atoms with Crippen LogP contribution in [0.2, 0.25) is 0 Å². The van der Waals surface area contributed by atoms with Crippen LogP contribution in [0.25, 0.3) is 16.3 Å². The van der Waals surface area contributed by atoms with E-state index in [1.54, 1.807) is 28.7 Å². The maximum absolute atomic E-state index is 12.2. The molecule has 0 amide bonds. The van der Waals surface area contributed by atoms with Gasteiger partial charge in [-0.1, -0.05) is 0 Å². The number of ether oxygens (including phenoxy) is 1. The fourth-order valence-corrected chi connectivity index (χ4v) is 4.82. The molecule has 0 N–H and O–H groups in total. The third-order valence-corrected chi connectivity index (χ3v) is 6.08. The van der Waals surface area contributed by atoms with Crippen LogP contribution in [0.1, 0.15) is 31.7 Å². The van der Waals surface area contributed by atoms with Gasteiger partial charge in [0.05, 0.1) is 4.88 Å². The van der Waals surface area contributed by atoms with Crippen molar-refractivity contribution in [2.75, 3.05) is 0 Å². The zero-order valence-electron chi connectivity index (χ0n) is 14.2. The summed E-state index contributed by atoms with van der Waals surface area (Å²) < 4.78 is 5.33. The number of aryl methyl sites for hydroxylation is 4. The molecular formula is C18H15N3O2S2. The summed E-state index contributed by atoms with van der Waals surface area (Å²) in [6.07, 6.45) is 1.78. The smallest absolute Gasteiger partial charge is 0.363 e. The van der Waals surface area contributed by atoms with Gasteiger partial charge in [0.25, 0.3) is 0 Å². The summed E-state index contributed by atoms with van der Waals surface area (Å²) in [4.78, 5) is 29.4. The Kier molecular flexibility index (Phi) is 3.77. The van der Waals surface area contributed by atoms with E-state index in [-0.39, 0.29) is 0 Å². The van der Waals surface area contributed by atoms with Crippen LogP contribution in [0.5, 0.6) is 0 Å². The van der Waals surface area contributed by atoms with Gasteiger partial charge in [-0.05, 0) is 51.5 Å². The van der Waals surface area contributed by atoms with E-state index < -0.39 is 5.97 Å². The maximum atomic E-state index is 12.2. The predicted octanol–water partition coefficient (Wildman–Crippen LogP) is 4.33. The molecule has 0 atom stereocenters. The summed E-state index contributed by atoms with van der Waals surface area (Å²) >= 11 is 3.10. The summed E-state index contributed by atoms with van der Waals surface area (Å²) in [6.45, 7) is 7.89. The number of rotatable bonds is 2. The number of hydrogen-bond donors (Lipinski definition) is 0. The highest BCUT2D eigenvalue weighted by Crippen LogP contribution is 2.34. The van der Waals surface area contributed by atoms with Crippen LogP contribution in [-0.2, 0) is 9.53 Å². The van der Waals surface area contributed by atoms with Crippen LogP contribution >= 0.6 is 22.7 Å². The first kappa shape index (κ1) is 16.1. The van der Waals surface area contributed by atoms with Gasteiger partial charge >= 0.3 is 5.97 Å². The second kappa shape index (κ2) is 5.86. The molecule has 3 aromatic heterocycles. The van der Waals surface area contributed by atoms with Gasteiger partial charge in [0.1, 0.15) is 10.7 Å². The number of fused-ring (bicyclic) bond motifs is 1. The first-order valence-electron chi connectivity index (χ1n) is 7.76. The fraction of sp³-hybridized carbons (Fsp3) is 0.222. The summed E-state index contributed by atoms with van der Waals surface area (Å²) in [6, 6.07) is 3.90. The molecule has 0 aromatic carbocycles. The van der Waals surface area contributed by atoms with E-state index in [0.29, 0.717) is 11.6 Å². The van der Waals surface area contributed by atoms with Crippen LogP contribution in [-0.4, -0.2) is 21.8 Å². The Balaban J connectivity index is 1.79. The van der Waals surface area contributed by atoms with Crippen LogP contribution in [0, 0.1) is 27.7 Å². The molecule has 1 aliphatic rings. The molecule has 5 nitrogen and oxygen atoms in total. The average Bonchev–Trinajstić information content (AvgIpc) is 3.19. The highest BCUT2D eigenvalue weighted by atomic mass is 32.1. The Hall–Kier alpha value is -2.38. The molecule has 0 spiro atoms. The van der Waals surface area contributed by atoms with Crippen LogP contribution < -0.4 is 0 Å². The van der Waals surface area contributed by atoms with E-state index in [2.05, 4.69) is 15.0 Å². The molecule has 0 fully saturated rings. The lowest BCUT2D eigenvalue weighted by molar-refractivity contribution is -0.129. The lowest BCUT2D eigenvalue weighted by atomic mass is 10.1. The Morgan fingerprint density at radius 1 is 1.08 bits per heavy atom. The fourth-order valence-electron chi connectivity index (χ4n) is 2.82. The first-order chi connectivity index (χ1) is 11.9. The molecule has 0 saturated heterocycles. The zero-order chi connectivity index (χ0) is 17.7. The number of hydrogen-bond acceptors (Lipinski definition) is 7. The molecule has 25 heavy (non-hydrogen) atoms. The Labute approximate surface area is 152 Å². The van der Waals surface area contributed by atoms with Crippen molar-refractivity contribution in [2.45, 2.75) is 27.7 Å². The van der Waals surface area contributed by atoms with Gasteiger partial charge in [0, 0.05) is 20.8 Å². The minimum Gasteiger partial charge on any atom is -0.401 e. The summed E-state index contributed by atoms with van der Waals surface area (Å²) in [7, 11) is 0. The molecule has 3 aromatic rings. The molecule has 0 bridgehead atoms. The van der Waals surface area contributed by atoms with E-state index in [0.717, 1.165) is 41.9 Å².